The van der Waals surface area contributed by atoms with Crippen molar-refractivity contribution in [2.24, 2.45) is 23.2 Å². The Morgan fingerprint density at radius 2 is 1.74 bits per heavy atom. The number of rotatable bonds is 4. The first kappa shape index (κ1) is 15.9. The van der Waals surface area contributed by atoms with Gasteiger partial charge in [0.05, 0.1) is 22.8 Å². The van der Waals surface area contributed by atoms with Crippen LogP contribution in [-0.4, -0.2) is 21.3 Å². The highest BCUT2D eigenvalue weighted by Gasteiger charge is 2.50. The van der Waals surface area contributed by atoms with Crippen LogP contribution in [0.4, 0.5) is 5.69 Å². The van der Waals surface area contributed by atoms with Crippen LogP contribution >= 0.6 is 0 Å². The van der Waals surface area contributed by atoms with E-state index in [1.807, 2.05) is 10.9 Å². The van der Waals surface area contributed by atoms with E-state index in [1.165, 1.54) is 55.0 Å². The number of hydrogen-bond acceptors (Lipinski definition) is 3. The zero-order valence-electron chi connectivity index (χ0n) is 16.1. The van der Waals surface area contributed by atoms with Crippen LogP contribution in [0.25, 0.3) is 21.9 Å². The fourth-order valence-corrected chi connectivity index (χ4v) is 6.92. The van der Waals surface area contributed by atoms with Crippen molar-refractivity contribution in [2.75, 3.05) is 11.9 Å². The molecule has 0 atom stereocenters. The normalized spacial score (nSPS) is 31.8. The molecule has 0 saturated heterocycles. The van der Waals surface area contributed by atoms with Gasteiger partial charge >= 0.3 is 0 Å². The van der Waals surface area contributed by atoms with Crippen molar-refractivity contribution in [1.29, 1.82) is 0 Å². The lowest BCUT2D eigenvalue weighted by Crippen LogP contribution is -2.49. The van der Waals surface area contributed by atoms with Crippen molar-refractivity contribution in [3.8, 4) is 0 Å². The first-order valence-corrected chi connectivity index (χ1v) is 10.7. The van der Waals surface area contributed by atoms with Crippen LogP contribution in [0.15, 0.2) is 30.5 Å². The van der Waals surface area contributed by atoms with Gasteiger partial charge in [-0.05, 0) is 74.7 Å². The second kappa shape index (κ2) is 5.70. The summed E-state index contributed by atoms with van der Waals surface area (Å²) >= 11 is 0. The first-order chi connectivity index (χ1) is 13.2. The number of pyridine rings is 1. The summed E-state index contributed by atoms with van der Waals surface area (Å²) in [5.74, 6) is 2.99. The Kier molecular flexibility index (Phi) is 3.36. The summed E-state index contributed by atoms with van der Waals surface area (Å²) in [6.45, 7) is 4.09. The molecule has 1 aromatic carbocycles. The average molecular weight is 361 g/mol. The van der Waals surface area contributed by atoms with Gasteiger partial charge < -0.3 is 5.32 Å². The predicted molar refractivity (Wildman–Crippen MR) is 110 cm³/mol. The van der Waals surface area contributed by atoms with Crippen LogP contribution < -0.4 is 5.32 Å². The molecule has 2 heterocycles. The summed E-state index contributed by atoms with van der Waals surface area (Å²) in [4.78, 5) is 4.90. The molecule has 140 valence electrons. The Labute approximate surface area is 160 Å². The highest BCUT2D eigenvalue weighted by atomic mass is 15.3. The maximum absolute atomic E-state index is 4.90. The summed E-state index contributed by atoms with van der Waals surface area (Å²) < 4.78 is 2.01. The molecule has 4 saturated carbocycles. The maximum Gasteiger partial charge on any atom is 0.160 e. The van der Waals surface area contributed by atoms with E-state index in [2.05, 4.69) is 41.6 Å². The van der Waals surface area contributed by atoms with Gasteiger partial charge in [-0.25, -0.2) is 9.67 Å². The average Bonchev–Trinajstić information content (AvgIpc) is 3.06. The molecule has 0 spiro atoms. The van der Waals surface area contributed by atoms with Crippen molar-refractivity contribution in [1.82, 2.24) is 14.8 Å². The number of nitrogens with zero attached hydrogens (tertiary/aromatic N) is 3. The third kappa shape index (κ3) is 2.41. The van der Waals surface area contributed by atoms with Crippen LogP contribution in [0.5, 0.6) is 0 Å². The van der Waals surface area contributed by atoms with Gasteiger partial charge in [0.25, 0.3) is 0 Å². The Morgan fingerprint density at radius 3 is 2.44 bits per heavy atom. The molecule has 0 unspecified atom stereocenters. The lowest BCUT2D eigenvalue weighted by Gasteiger charge is -2.57. The van der Waals surface area contributed by atoms with Crippen molar-refractivity contribution in [2.45, 2.75) is 52.0 Å². The van der Waals surface area contributed by atoms with Crippen LogP contribution in [0, 0.1) is 23.2 Å². The van der Waals surface area contributed by atoms with Crippen LogP contribution in [0.3, 0.4) is 0 Å². The van der Waals surface area contributed by atoms with Gasteiger partial charge in [-0.2, -0.15) is 5.10 Å². The summed E-state index contributed by atoms with van der Waals surface area (Å²) in [6, 6.07) is 8.53. The number of benzene rings is 1. The molecular weight excluding hydrogens is 332 g/mol. The van der Waals surface area contributed by atoms with Crippen molar-refractivity contribution in [3.63, 3.8) is 0 Å². The molecule has 7 rings (SSSR count). The SMILES string of the molecule is CCn1ncc2c(NCC34CC5CC(CC(C5)C3)C4)c3ccccc3nc21. The van der Waals surface area contributed by atoms with E-state index >= 15 is 0 Å². The number of hydrogen-bond donors (Lipinski definition) is 1. The van der Waals surface area contributed by atoms with Gasteiger partial charge in [-0.1, -0.05) is 18.2 Å². The number of para-hydroxylation sites is 1. The van der Waals surface area contributed by atoms with Crippen molar-refractivity contribution < 1.29 is 0 Å². The molecule has 3 aromatic rings. The number of aryl methyl sites for hydroxylation is 1. The van der Waals surface area contributed by atoms with Gasteiger partial charge in [-0.3, -0.25) is 0 Å². The first-order valence-electron chi connectivity index (χ1n) is 10.7. The van der Waals surface area contributed by atoms with E-state index in [1.54, 1.807) is 0 Å². The second-order valence-corrected chi connectivity index (χ2v) is 9.47. The fraction of sp³-hybridized carbons (Fsp3) is 0.565. The standard InChI is InChI=1S/C23H28N4/c1-2-27-22-19(13-25-27)21(18-5-3-4-6-20(18)26-22)24-14-23-10-15-7-16(11-23)9-17(8-15)12-23/h3-6,13,15-17H,2,7-12,14H2,1H3,(H,24,26). The monoisotopic (exact) mass is 360 g/mol. The lowest BCUT2D eigenvalue weighted by atomic mass is 9.49. The zero-order chi connectivity index (χ0) is 18.0. The molecule has 4 bridgehead atoms. The largest absolute Gasteiger partial charge is 0.383 e. The Morgan fingerprint density at radius 1 is 1.04 bits per heavy atom. The molecule has 4 fully saturated rings. The Balaban J connectivity index is 1.40. The molecule has 4 nitrogen and oxygen atoms in total. The lowest BCUT2D eigenvalue weighted by molar-refractivity contribution is -0.0444. The van der Waals surface area contributed by atoms with Gasteiger partial charge in [0.15, 0.2) is 5.65 Å². The molecular formula is C23H28N4. The molecule has 0 aliphatic heterocycles. The van der Waals surface area contributed by atoms with E-state index in [4.69, 9.17) is 4.98 Å². The van der Waals surface area contributed by atoms with Crippen molar-refractivity contribution >= 4 is 27.6 Å². The third-order valence-electron chi connectivity index (χ3n) is 7.59. The van der Waals surface area contributed by atoms with Crippen LogP contribution in [-0.2, 0) is 6.54 Å². The maximum atomic E-state index is 4.90. The summed E-state index contributed by atoms with van der Waals surface area (Å²) in [6.07, 6.45) is 10.8. The summed E-state index contributed by atoms with van der Waals surface area (Å²) in [5, 5.41) is 10.9. The molecule has 4 heteroatoms. The van der Waals surface area contributed by atoms with E-state index in [9.17, 15) is 0 Å². The van der Waals surface area contributed by atoms with Gasteiger partial charge in [0.2, 0.25) is 0 Å². The third-order valence-corrected chi connectivity index (χ3v) is 7.59. The zero-order valence-corrected chi connectivity index (χ0v) is 16.1. The molecule has 2 aromatic heterocycles. The fourth-order valence-electron chi connectivity index (χ4n) is 6.92. The Bertz CT molecular complexity index is 983. The quantitative estimate of drug-likeness (QED) is 0.692. The van der Waals surface area contributed by atoms with Gasteiger partial charge in [0, 0.05) is 18.5 Å². The highest BCUT2D eigenvalue weighted by Crippen LogP contribution is 2.60. The second-order valence-electron chi connectivity index (χ2n) is 9.47. The minimum absolute atomic E-state index is 0.520. The Hall–Kier alpha value is -2.10. The molecule has 1 N–H and O–H groups in total. The minimum atomic E-state index is 0.520. The predicted octanol–water partition coefficient (Wildman–Crippen LogP) is 5.23. The molecule has 0 radical (unpaired) electrons. The molecule has 27 heavy (non-hydrogen) atoms. The number of nitrogens with one attached hydrogen (secondary N) is 1. The molecule has 4 aliphatic carbocycles. The van der Waals surface area contributed by atoms with E-state index < -0.39 is 0 Å². The van der Waals surface area contributed by atoms with Crippen LogP contribution in [0.2, 0.25) is 0 Å². The van der Waals surface area contributed by atoms with E-state index in [0.29, 0.717) is 5.41 Å². The van der Waals surface area contributed by atoms with Gasteiger partial charge in [-0.15, -0.1) is 0 Å². The number of aromatic nitrogens is 3. The topological polar surface area (TPSA) is 42.7 Å². The summed E-state index contributed by atoms with van der Waals surface area (Å²) in [7, 11) is 0. The van der Waals surface area contributed by atoms with Crippen molar-refractivity contribution in [3.05, 3.63) is 30.5 Å². The van der Waals surface area contributed by atoms with Gasteiger partial charge in [0.1, 0.15) is 0 Å². The summed E-state index contributed by atoms with van der Waals surface area (Å²) in [5.41, 5.74) is 3.83. The van der Waals surface area contributed by atoms with Crippen LogP contribution in [0.1, 0.15) is 45.4 Å². The molecule has 0 amide bonds. The van der Waals surface area contributed by atoms with E-state index in [-0.39, 0.29) is 0 Å². The highest BCUT2D eigenvalue weighted by molar-refractivity contribution is 6.06. The number of fused-ring (bicyclic) bond motifs is 2. The smallest absolute Gasteiger partial charge is 0.160 e. The van der Waals surface area contributed by atoms with E-state index in [0.717, 1.165) is 42.0 Å². The number of anilines is 1. The minimum Gasteiger partial charge on any atom is -0.383 e. The molecule has 4 aliphatic rings.